The highest BCUT2D eigenvalue weighted by molar-refractivity contribution is 6.31. The lowest BCUT2D eigenvalue weighted by molar-refractivity contribution is 0.0912. The Bertz CT molecular complexity index is 413. The molecule has 0 aliphatic carbocycles. The van der Waals surface area contributed by atoms with Gasteiger partial charge in [-0.25, -0.2) is 0 Å². The minimum atomic E-state index is -0.430. The maximum absolute atomic E-state index is 12.1. The van der Waals surface area contributed by atoms with Crippen LogP contribution in [-0.4, -0.2) is 27.7 Å². The molecule has 0 aliphatic heterocycles. The summed E-state index contributed by atoms with van der Waals surface area (Å²) in [5.74, 6) is -0.163. The standard InChI is InChI=1S/C13H21ClN2O2/c1-8(2)16-7-11(14)6-12(16)13(18)15-9(3)5-10(4)17/h6-10,17H,5H2,1-4H3,(H,15,18). The summed E-state index contributed by atoms with van der Waals surface area (Å²) < 4.78 is 1.84. The molecule has 2 unspecified atom stereocenters. The maximum atomic E-state index is 12.1. The van der Waals surface area contributed by atoms with Crippen LogP contribution in [0.2, 0.25) is 5.02 Å². The van der Waals surface area contributed by atoms with Crippen LogP contribution in [0.3, 0.4) is 0 Å². The van der Waals surface area contributed by atoms with E-state index >= 15 is 0 Å². The molecule has 1 amide bonds. The number of nitrogens with zero attached hydrogens (tertiary/aromatic N) is 1. The van der Waals surface area contributed by atoms with Gasteiger partial charge in [-0.1, -0.05) is 11.6 Å². The molecule has 0 spiro atoms. The number of halogens is 1. The van der Waals surface area contributed by atoms with Crippen LogP contribution in [0.15, 0.2) is 12.3 Å². The fourth-order valence-electron chi connectivity index (χ4n) is 1.92. The molecular formula is C13H21ClN2O2. The van der Waals surface area contributed by atoms with Crippen LogP contribution in [0.1, 0.15) is 50.6 Å². The van der Waals surface area contributed by atoms with Crippen molar-refractivity contribution < 1.29 is 9.90 Å². The summed E-state index contributed by atoms with van der Waals surface area (Å²) in [4.78, 5) is 12.1. The summed E-state index contributed by atoms with van der Waals surface area (Å²) in [5, 5.41) is 12.7. The molecule has 0 saturated heterocycles. The molecule has 0 radical (unpaired) electrons. The zero-order valence-electron chi connectivity index (χ0n) is 11.3. The largest absolute Gasteiger partial charge is 0.393 e. The van der Waals surface area contributed by atoms with E-state index in [0.717, 1.165) is 0 Å². The molecule has 1 aromatic rings. The van der Waals surface area contributed by atoms with Crippen molar-refractivity contribution in [2.75, 3.05) is 0 Å². The second kappa shape index (κ2) is 6.25. The lowest BCUT2D eigenvalue weighted by Gasteiger charge is -2.17. The highest BCUT2D eigenvalue weighted by atomic mass is 35.5. The number of hydrogen-bond acceptors (Lipinski definition) is 2. The number of nitrogens with one attached hydrogen (secondary N) is 1. The summed E-state index contributed by atoms with van der Waals surface area (Å²) in [6.45, 7) is 7.56. The molecule has 2 atom stereocenters. The third kappa shape index (κ3) is 4.03. The summed E-state index contributed by atoms with van der Waals surface area (Å²) >= 11 is 5.93. The van der Waals surface area contributed by atoms with E-state index in [2.05, 4.69) is 5.32 Å². The van der Waals surface area contributed by atoms with Gasteiger partial charge in [0.15, 0.2) is 0 Å². The number of aliphatic hydroxyl groups excluding tert-OH is 1. The van der Waals surface area contributed by atoms with Crippen LogP contribution < -0.4 is 5.32 Å². The Kier molecular flexibility index (Phi) is 5.23. The average molecular weight is 273 g/mol. The monoisotopic (exact) mass is 272 g/mol. The molecule has 0 bridgehead atoms. The van der Waals surface area contributed by atoms with Crippen LogP contribution in [0.4, 0.5) is 0 Å². The fraction of sp³-hybridized carbons (Fsp3) is 0.615. The molecule has 0 saturated carbocycles. The predicted octanol–water partition coefficient (Wildman–Crippen LogP) is 2.61. The van der Waals surface area contributed by atoms with E-state index in [9.17, 15) is 9.90 Å². The predicted molar refractivity (Wildman–Crippen MR) is 73.1 cm³/mol. The smallest absolute Gasteiger partial charge is 0.268 e. The number of rotatable bonds is 5. The van der Waals surface area contributed by atoms with Crippen molar-refractivity contribution in [2.45, 2.75) is 52.3 Å². The third-order valence-electron chi connectivity index (χ3n) is 2.68. The quantitative estimate of drug-likeness (QED) is 0.866. The molecule has 5 heteroatoms. The van der Waals surface area contributed by atoms with E-state index in [4.69, 9.17) is 11.6 Å². The van der Waals surface area contributed by atoms with Gasteiger partial charge in [0.25, 0.3) is 5.91 Å². The SMILES string of the molecule is CC(O)CC(C)NC(=O)c1cc(Cl)cn1C(C)C. The first-order valence-electron chi connectivity index (χ1n) is 6.17. The zero-order chi connectivity index (χ0) is 13.9. The average Bonchev–Trinajstić information content (AvgIpc) is 2.58. The topological polar surface area (TPSA) is 54.3 Å². The highest BCUT2D eigenvalue weighted by Crippen LogP contribution is 2.19. The lowest BCUT2D eigenvalue weighted by Crippen LogP contribution is -2.35. The van der Waals surface area contributed by atoms with Gasteiger partial charge in [0.2, 0.25) is 0 Å². The van der Waals surface area contributed by atoms with E-state index in [1.807, 2.05) is 25.3 Å². The van der Waals surface area contributed by atoms with Crippen molar-refractivity contribution in [1.82, 2.24) is 9.88 Å². The second-order valence-electron chi connectivity index (χ2n) is 5.00. The summed E-state index contributed by atoms with van der Waals surface area (Å²) in [7, 11) is 0. The molecule has 1 heterocycles. The summed E-state index contributed by atoms with van der Waals surface area (Å²) in [5.41, 5.74) is 0.549. The minimum Gasteiger partial charge on any atom is -0.393 e. The molecular weight excluding hydrogens is 252 g/mol. The van der Waals surface area contributed by atoms with E-state index in [0.29, 0.717) is 17.1 Å². The number of hydrogen-bond donors (Lipinski definition) is 2. The first kappa shape index (κ1) is 15.1. The van der Waals surface area contributed by atoms with Crippen LogP contribution in [0.25, 0.3) is 0 Å². The molecule has 1 rings (SSSR count). The highest BCUT2D eigenvalue weighted by Gasteiger charge is 2.17. The molecule has 4 nitrogen and oxygen atoms in total. The number of amides is 1. The van der Waals surface area contributed by atoms with E-state index in [1.165, 1.54) is 0 Å². The van der Waals surface area contributed by atoms with Crippen molar-refractivity contribution in [3.8, 4) is 0 Å². The molecule has 0 aromatic carbocycles. The van der Waals surface area contributed by atoms with Gasteiger partial charge in [0.05, 0.1) is 11.1 Å². The first-order chi connectivity index (χ1) is 8.31. The Balaban J connectivity index is 2.78. The van der Waals surface area contributed by atoms with Crippen molar-refractivity contribution in [2.24, 2.45) is 0 Å². The Morgan fingerprint density at radius 2 is 2.06 bits per heavy atom. The number of aliphatic hydroxyl groups is 1. The number of aromatic nitrogens is 1. The third-order valence-corrected chi connectivity index (χ3v) is 2.88. The van der Waals surface area contributed by atoms with Gasteiger partial charge in [-0.15, -0.1) is 0 Å². The van der Waals surface area contributed by atoms with Gasteiger partial charge in [0.1, 0.15) is 5.69 Å². The van der Waals surface area contributed by atoms with Gasteiger partial charge < -0.3 is 15.0 Å². The van der Waals surface area contributed by atoms with Crippen LogP contribution >= 0.6 is 11.6 Å². The lowest BCUT2D eigenvalue weighted by atomic mass is 10.1. The van der Waals surface area contributed by atoms with Crippen molar-refractivity contribution >= 4 is 17.5 Å². The van der Waals surface area contributed by atoms with E-state index in [-0.39, 0.29) is 18.0 Å². The van der Waals surface area contributed by atoms with Crippen molar-refractivity contribution in [3.05, 3.63) is 23.0 Å². The number of carbonyl (C=O) groups excluding carboxylic acids is 1. The van der Waals surface area contributed by atoms with Gasteiger partial charge in [-0.05, 0) is 40.2 Å². The molecule has 102 valence electrons. The normalized spacial score (nSPS) is 14.6. The van der Waals surface area contributed by atoms with Gasteiger partial charge in [-0.3, -0.25) is 4.79 Å². The molecule has 18 heavy (non-hydrogen) atoms. The van der Waals surface area contributed by atoms with Crippen LogP contribution in [-0.2, 0) is 0 Å². The first-order valence-corrected chi connectivity index (χ1v) is 6.55. The summed E-state index contributed by atoms with van der Waals surface area (Å²) in [6.07, 6.45) is 1.85. The van der Waals surface area contributed by atoms with Crippen LogP contribution in [0.5, 0.6) is 0 Å². The molecule has 1 aromatic heterocycles. The zero-order valence-corrected chi connectivity index (χ0v) is 12.0. The Labute approximate surface area is 113 Å². The van der Waals surface area contributed by atoms with Gasteiger partial charge in [-0.2, -0.15) is 0 Å². The van der Waals surface area contributed by atoms with E-state index < -0.39 is 6.10 Å². The maximum Gasteiger partial charge on any atom is 0.268 e. The fourth-order valence-corrected chi connectivity index (χ4v) is 2.13. The van der Waals surface area contributed by atoms with E-state index in [1.54, 1.807) is 19.2 Å². The van der Waals surface area contributed by atoms with Crippen LogP contribution in [0, 0.1) is 0 Å². The van der Waals surface area contributed by atoms with Gasteiger partial charge in [0, 0.05) is 18.3 Å². The summed E-state index contributed by atoms with van der Waals surface area (Å²) in [6, 6.07) is 1.75. The van der Waals surface area contributed by atoms with Gasteiger partial charge >= 0.3 is 0 Å². The Hall–Kier alpha value is -1.00. The number of carbonyl (C=O) groups is 1. The Morgan fingerprint density at radius 1 is 1.44 bits per heavy atom. The molecule has 0 aliphatic rings. The minimum absolute atomic E-state index is 0.0770. The Morgan fingerprint density at radius 3 is 2.56 bits per heavy atom. The van der Waals surface area contributed by atoms with Crippen molar-refractivity contribution in [3.63, 3.8) is 0 Å². The molecule has 0 fully saturated rings. The second-order valence-corrected chi connectivity index (χ2v) is 5.44. The van der Waals surface area contributed by atoms with Crippen molar-refractivity contribution in [1.29, 1.82) is 0 Å². The molecule has 2 N–H and O–H groups in total.